The smallest absolute Gasteiger partial charge is 0.164 e. The van der Waals surface area contributed by atoms with E-state index in [9.17, 15) is 5.11 Å². The van der Waals surface area contributed by atoms with Gasteiger partial charge in [0.2, 0.25) is 0 Å². The van der Waals surface area contributed by atoms with Crippen molar-refractivity contribution in [2.24, 2.45) is 5.92 Å². The molecular formula is C13H16ClN3O. The predicted molar refractivity (Wildman–Crippen MR) is 71.2 cm³/mol. The number of aromatic nitrogens is 3. The van der Waals surface area contributed by atoms with E-state index in [1.165, 1.54) is 0 Å². The largest absolute Gasteiger partial charge is 0.388 e. The molecule has 0 unspecified atom stereocenters. The molecule has 4 nitrogen and oxygen atoms in total. The summed E-state index contributed by atoms with van der Waals surface area (Å²) in [6.45, 7) is 4.89. The molecule has 2 rings (SSSR count). The average molecular weight is 266 g/mol. The monoisotopic (exact) mass is 265 g/mol. The van der Waals surface area contributed by atoms with Gasteiger partial charge in [-0.25, -0.2) is 0 Å². The van der Waals surface area contributed by atoms with Crippen LogP contribution in [0, 0.1) is 5.92 Å². The molecule has 0 saturated carbocycles. The van der Waals surface area contributed by atoms with E-state index in [4.69, 9.17) is 11.6 Å². The van der Waals surface area contributed by atoms with Crippen LogP contribution in [-0.2, 0) is 13.2 Å². The second-order valence-electron chi connectivity index (χ2n) is 4.61. The fourth-order valence-corrected chi connectivity index (χ4v) is 2.04. The Kier molecular flexibility index (Phi) is 3.99. The number of aliphatic hydroxyl groups excluding tert-OH is 1. The number of benzene rings is 1. The van der Waals surface area contributed by atoms with E-state index >= 15 is 0 Å². The molecule has 2 aromatic rings. The highest BCUT2D eigenvalue weighted by Gasteiger charge is 2.14. The fraction of sp³-hybridized carbons (Fsp3) is 0.385. The zero-order chi connectivity index (χ0) is 13.1. The van der Waals surface area contributed by atoms with Gasteiger partial charge in [-0.2, -0.15) is 0 Å². The maximum atomic E-state index is 9.30. The SMILES string of the molecule is CC(C)Cn1c(CO)nnc1-c1cccc(Cl)c1. The van der Waals surface area contributed by atoms with Gasteiger partial charge < -0.3 is 9.67 Å². The molecule has 0 saturated heterocycles. The quantitative estimate of drug-likeness (QED) is 0.925. The van der Waals surface area contributed by atoms with Crippen molar-refractivity contribution in [3.8, 4) is 11.4 Å². The second-order valence-corrected chi connectivity index (χ2v) is 5.05. The summed E-state index contributed by atoms with van der Waals surface area (Å²) in [6.07, 6.45) is 0. The Morgan fingerprint density at radius 3 is 2.72 bits per heavy atom. The molecule has 1 N–H and O–H groups in total. The van der Waals surface area contributed by atoms with Gasteiger partial charge in [-0.3, -0.25) is 0 Å². The Hall–Kier alpha value is -1.39. The zero-order valence-corrected chi connectivity index (χ0v) is 11.2. The van der Waals surface area contributed by atoms with E-state index in [0.717, 1.165) is 17.9 Å². The molecule has 18 heavy (non-hydrogen) atoms. The molecule has 0 fully saturated rings. The highest BCUT2D eigenvalue weighted by Crippen LogP contribution is 2.22. The van der Waals surface area contributed by atoms with E-state index in [-0.39, 0.29) is 6.61 Å². The summed E-state index contributed by atoms with van der Waals surface area (Å²) in [5.41, 5.74) is 0.912. The summed E-state index contributed by atoms with van der Waals surface area (Å²) in [4.78, 5) is 0. The highest BCUT2D eigenvalue weighted by atomic mass is 35.5. The first-order valence-corrected chi connectivity index (χ1v) is 6.28. The maximum absolute atomic E-state index is 9.30. The van der Waals surface area contributed by atoms with Gasteiger partial charge in [-0.15, -0.1) is 10.2 Å². The number of halogens is 1. The lowest BCUT2D eigenvalue weighted by Crippen LogP contribution is -2.10. The molecular weight excluding hydrogens is 250 g/mol. The average Bonchev–Trinajstić information content (AvgIpc) is 2.71. The molecule has 96 valence electrons. The Bertz CT molecular complexity index is 537. The fourth-order valence-electron chi connectivity index (χ4n) is 1.85. The number of hydrogen-bond acceptors (Lipinski definition) is 3. The van der Waals surface area contributed by atoms with E-state index in [1.807, 2.05) is 28.8 Å². The predicted octanol–water partition coefficient (Wildman–Crippen LogP) is 2.75. The summed E-state index contributed by atoms with van der Waals surface area (Å²) < 4.78 is 1.94. The van der Waals surface area contributed by atoms with Crippen LogP contribution in [0.15, 0.2) is 24.3 Å². The minimum Gasteiger partial charge on any atom is -0.388 e. The van der Waals surface area contributed by atoms with Crippen LogP contribution in [-0.4, -0.2) is 19.9 Å². The lowest BCUT2D eigenvalue weighted by molar-refractivity contribution is 0.262. The summed E-state index contributed by atoms with van der Waals surface area (Å²) >= 11 is 5.99. The van der Waals surface area contributed by atoms with Crippen molar-refractivity contribution in [1.82, 2.24) is 14.8 Å². The summed E-state index contributed by atoms with van der Waals surface area (Å²) in [5.74, 6) is 1.78. The molecule has 0 bridgehead atoms. The molecule has 0 amide bonds. The molecule has 1 heterocycles. The normalized spacial score (nSPS) is 11.2. The molecule has 0 aliphatic carbocycles. The summed E-state index contributed by atoms with van der Waals surface area (Å²) in [7, 11) is 0. The lowest BCUT2D eigenvalue weighted by Gasteiger charge is -2.11. The van der Waals surface area contributed by atoms with Gasteiger partial charge >= 0.3 is 0 Å². The first-order chi connectivity index (χ1) is 8.61. The van der Waals surface area contributed by atoms with Crippen LogP contribution < -0.4 is 0 Å². The first-order valence-electron chi connectivity index (χ1n) is 5.90. The Balaban J connectivity index is 2.47. The minimum absolute atomic E-state index is 0.111. The number of rotatable bonds is 4. The van der Waals surface area contributed by atoms with Gasteiger partial charge in [0.15, 0.2) is 11.6 Å². The van der Waals surface area contributed by atoms with Crippen LogP contribution in [0.1, 0.15) is 19.7 Å². The molecule has 0 atom stereocenters. The zero-order valence-electron chi connectivity index (χ0n) is 10.5. The standard InChI is InChI=1S/C13H16ClN3O/c1-9(2)7-17-12(8-18)15-16-13(17)10-4-3-5-11(14)6-10/h3-6,9,18H,7-8H2,1-2H3. The molecule has 0 spiro atoms. The second kappa shape index (κ2) is 5.50. The van der Waals surface area contributed by atoms with Gasteiger partial charge in [0.1, 0.15) is 6.61 Å². The van der Waals surface area contributed by atoms with Gasteiger partial charge in [0.25, 0.3) is 0 Å². The van der Waals surface area contributed by atoms with Crippen molar-refractivity contribution in [2.75, 3.05) is 0 Å². The van der Waals surface area contributed by atoms with Crippen molar-refractivity contribution in [3.63, 3.8) is 0 Å². The number of hydrogen-bond donors (Lipinski definition) is 1. The maximum Gasteiger partial charge on any atom is 0.164 e. The highest BCUT2D eigenvalue weighted by molar-refractivity contribution is 6.30. The molecule has 1 aromatic carbocycles. The third kappa shape index (κ3) is 2.71. The summed E-state index contributed by atoms with van der Waals surface area (Å²) in [6, 6.07) is 7.49. The number of nitrogens with zero attached hydrogens (tertiary/aromatic N) is 3. The molecule has 1 aromatic heterocycles. The topological polar surface area (TPSA) is 50.9 Å². The minimum atomic E-state index is -0.111. The Morgan fingerprint density at radius 2 is 2.11 bits per heavy atom. The van der Waals surface area contributed by atoms with Crippen molar-refractivity contribution < 1.29 is 5.11 Å². The van der Waals surface area contributed by atoms with Crippen LogP contribution in [0.3, 0.4) is 0 Å². The van der Waals surface area contributed by atoms with Crippen LogP contribution in [0.2, 0.25) is 5.02 Å². The lowest BCUT2D eigenvalue weighted by atomic mass is 10.2. The Labute approximate surface area is 111 Å². The third-order valence-electron chi connectivity index (χ3n) is 2.60. The van der Waals surface area contributed by atoms with E-state index < -0.39 is 0 Å². The summed E-state index contributed by atoms with van der Waals surface area (Å²) in [5, 5.41) is 18.1. The van der Waals surface area contributed by atoms with Crippen molar-refractivity contribution in [2.45, 2.75) is 27.0 Å². The van der Waals surface area contributed by atoms with Crippen molar-refractivity contribution in [1.29, 1.82) is 0 Å². The number of aliphatic hydroxyl groups is 1. The molecule has 0 radical (unpaired) electrons. The van der Waals surface area contributed by atoms with Crippen LogP contribution >= 0.6 is 11.6 Å². The van der Waals surface area contributed by atoms with Gasteiger partial charge in [-0.1, -0.05) is 37.6 Å². The van der Waals surface area contributed by atoms with Crippen LogP contribution in [0.5, 0.6) is 0 Å². The molecule has 0 aliphatic heterocycles. The van der Waals surface area contributed by atoms with Gasteiger partial charge in [0.05, 0.1) is 0 Å². The van der Waals surface area contributed by atoms with E-state index in [1.54, 1.807) is 0 Å². The van der Waals surface area contributed by atoms with Gasteiger partial charge in [-0.05, 0) is 18.1 Å². The van der Waals surface area contributed by atoms with E-state index in [2.05, 4.69) is 24.0 Å². The van der Waals surface area contributed by atoms with Crippen molar-refractivity contribution >= 4 is 11.6 Å². The van der Waals surface area contributed by atoms with Crippen LogP contribution in [0.4, 0.5) is 0 Å². The van der Waals surface area contributed by atoms with Crippen molar-refractivity contribution in [3.05, 3.63) is 35.1 Å². The Morgan fingerprint density at radius 1 is 1.33 bits per heavy atom. The van der Waals surface area contributed by atoms with Crippen LogP contribution in [0.25, 0.3) is 11.4 Å². The third-order valence-corrected chi connectivity index (χ3v) is 2.83. The molecule has 0 aliphatic rings. The van der Waals surface area contributed by atoms with Gasteiger partial charge in [0, 0.05) is 17.1 Å². The first kappa shape index (κ1) is 13.1. The molecule has 5 heteroatoms. The van der Waals surface area contributed by atoms with E-state index in [0.29, 0.717) is 16.8 Å².